The van der Waals surface area contributed by atoms with E-state index in [-0.39, 0.29) is 12.7 Å². The van der Waals surface area contributed by atoms with Gasteiger partial charge in [-0.05, 0) is 46.5 Å². The molecule has 3 rings (SSSR count). The van der Waals surface area contributed by atoms with Crippen LogP contribution in [-0.4, -0.2) is 12.7 Å². The maximum absolute atomic E-state index is 11.8. The topological polar surface area (TPSA) is 47.6 Å². The molecule has 1 aliphatic rings. The van der Waals surface area contributed by atoms with Crippen LogP contribution in [0.5, 0.6) is 11.5 Å². The van der Waals surface area contributed by atoms with Crippen molar-refractivity contribution >= 4 is 17.2 Å². The normalized spacial score (nSPS) is 12.4. The molecule has 2 aromatic rings. The molecule has 0 bridgehead atoms. The maximum Gasteiger partial charge on any atom is 0.231 e. The van der Waals surface area contributed by atoms with Crippen LogP contribution in [0, 0.1) is 0 Å². The molecule has 0 fully saturated rings. The number of rotatable bonds is 5. The van der Waals surface area contributed by atoms with Crippen LogP contribution in [0.2, 0.25) is 0 Å². The number of fused-ring (bicyclic) bond motifs is 1. The van der Waals surface area contributed by atoms with Crippen LogP contribution in [0.15, 0.2) is 35.0 Å². The molecule has 1 aromatic carbocycles. The fraction of sp³-hybridized carbons (Fsp3) is 0.267. The lowest BCUT2D eigenvalue weighted by Gasteiger charge is -2.06. The van der Waals surface area contributed by atoms with Gasteiger partial charge in [0.1, 0.15) is 0 Å². The molecule has 0 atom stereocenters. The Labute approximate surface area is 121 Å². The average Bonchev–Trinajstić information content (AvgIpc) is 3.13. The fourth-order valence-electron chi connectivity index (χ4n) is 2.03. The van der Waals surface area contributed by atoms with Crippen molar-refractivity contribution in [1.82, 2.24) is 5.32 Å². The van der Waals surface area contributed by atoms with Crippen molar-refractivity contribution in [2.45, 2.75) is 19.4 Å². The number of hydrogen-bond acceptors (Lipinski definition) is 4. The summed E-state index contributed by atoms with van der Waals surface area (Å²) < 4.78 is 10.6. The summed E-state index contributed by atoms with van der Waals surface area (Å²) in [5.41, 5.74) is 2.23. The molecule has 0 saturated carbocycles. The number of nitrogens with one attached hydrogen (secondary N) is 1. The SMILES string of the molecule is O=C(CCc1ccsc1)NCc1ccc2c(c1)OCO2. The van der Waals surface area contributed by atoms with E-state index in [1.165, 1.54) is 5.56 Å². The Kier molecular flexibility index (Phi) is 3.87. The number of thiophene rings is 1. The Hall–Kier alpha value is -2.01. The Balaban J connectivity index is 1.48. The van der Waals surface area contributed by atoms with Crippen LogP contribution in [0.3, 0.4) is 0 Å². The molecule has 0 unspecified atom stereocenters. The van der Waals surface area contributed by atoms with E-state index in [2.05, 4.69) is 16.8 Å². The molecule has 1 amide bonds. The first-order chi connectivity index (χ1) is 9.81. The van der Waals surface area contributed by atoms with Crippen molar-refractivity contribution in [3.05, 3.63) is 46.2 Å². The predicted octanol–water partition coefficient (Wildman–Crippen LogP) is 2.73. The third kappa shape index (κ3) is 3.11. The highest BCUT2D eigenvalue weighted by molar-refractivity contribution is 7.07. The van der Waals surface area contributed by atoms with E-state index in [4.69, 9.17) is 9.47 Å². The molecule has 0 aliphatic carbocycles. The second-order valence-electron chi connectivity index (χ2n) is 4.60. The van der Waals surface area contributed by atoms with Gasteiger partial charge >= 0.3 is 0 Å². The summed E-state index contributed by atoms with van der Waals surface area (Å²) in [5, 5.41) is 7.02. The number of hydrogen-bond donors (Lipinski definition) is 1. The first-order valence-electron chi connectivity index (χ1n) is 6.47. The van der Waals surface area contributed by atoms with Gasteiger partial charge in [-0.1, -0.05) is 6.07 Å². The second kappa shape index (κ2) is 5.96. The van der Waals surface area contributed by atoms with E-state index >= 15 is 0 Å². The van der Waals surface area contributed by atoms with Gasteiger partial charge in [0.25, 0.3) is 0 Å². The van der Waals surface area contributed by atoms with Crippen LogP contribution in [0.25, 0.3) is 0 Å². The van der Waals surface area contributed by atoms with Gasteiger partial charge in [-0.2, -0.15) is 11.3 Å². The molecular weight excluding hydrogens is 274 g/mol. The van der Waals surface area contributed by atoms with Crippen LogP contribution in [0.1, 0.15) is 17.5 Å². The first-order valence-corrected chi connectivity index (χ1v) is 7.42. The molecular formula is C15H15NO3S. The van der Waals surface area contributed by atoms with Crippen LogP contribution < -0.4 is 14.8 Å². The van der Waals surface area contributed by atoms with E-state index in [0.29, 0.717) is 13.0 Å². The van der Waals surface area contributed by atoms with Crippen molar-refractivity contribution in [3.63, 3.8) is 0 Å². The molecule has 1 aliphatic heterocycles. The monoisotopic (exact) mass is 289 g/mol. The summed E-state index contributed by atoms with van der Waals surface area (Å²) in [6.07, 6.45) is 1.30. The average molecular weight is 289 g/mol. The van der Waals surface area contributed by atoms with Gasteiger partial charge in [0.05, 0.1) is 0 Å². The molecule has 0 saturated heterocycles. The Bertz CT molecular complexity index is 595. The van der Waals surface area contributed by atoms with Crippen molar-refractivity contribution < 1.29 is 14.3 Å². The van der Waals surface area contributed by atoms with Crippen LogP contribution in [-0.2, 0) is 17.8 Å². The lowest BCUT2D eigenvalue weighted by atomic mass is 10.1. The largest absolute Gasteiger partial charge is 0.454 e. The van der Waals surface area contributed by atoms with E-state index in [1.807, 2.05) is 23.6 Å². The Morgan fingerprint density at radius 2 is 2.10 bits per heavy atom. The van der Waals surface area contributed by atoms with Crippen molar-refractivity contribution in [1.29, 1.82) is 0 Å². The molecule has 2 heterocycles. The van der Waals surface area contributed by atoms with E-state index in [0.717, 1.165) is 23.5 Å². The van der Waals surface area contributed by atoms with Gasteiger partial charge in [-0.15, -0.1) is 0 Å². The standard InChI is InChI=1S/C15H15NO3S/c17-15(4-2-11-5-6-20-9-11)16-8-12-1-3-13-14(7-12)19-10-18-13/h1,3,5-7,9H,2,4,8,10H2,(H,16,17). The minimum atomic E-state index is 0.0638. The molecule has 5 heteroatoms. The predicted molar refractivity (Wildman–Crippen MR) is 77.1 cm³/mol. The van der Waals surface area contributed by atoms with Gasteiger partial charge in [-0.25, -0.2) is 0 Å². The van der Waals surface area contributed by atoms with E-state index < -0.39 is 0 Å². The van der Waals surface area contributed by atoms with Gasteiger partial charge in [-0.3, -0.25) is 4.79 Å². The molecule has 104 valence electrons. The maximum atomic E-state index is 11.8. The summed E-state index contributed by atoms with van der Waals surface area (Å²) >= 11 is 1.66. The molecule has 4 nitrogen and oxygen atoms in total. The minimum Gasteiger partial charge on any atom is -0.454 e. The highest BCUT2D eigenvalue weighted by atomic mass is 32.1. The number of benzene rings is 1. The molecule has 0 radical (unpaired) electrons. The van der Waals surface area contributed by atoms with Gasteiger partial charge in [0.2, 0.25) is 12.7 Å². The summed E-state index contributed by atoms with van der Waals surface area (Å²) in [5.74, 6) is 1.57. The van der Waals surface area contributed by atoms with E-state index in [9.17, 15) is 4.79 Å². The zero-order chi connectivity index (χ0) is 13.8. The van der Waals surface area contributed by atoms with Gasteiger partial charge < -0.3 is 14.8 Å². The molecule has 0 spiro atoms. The van der Waals surface area contributed by atoms with Crippen molar-refractivity contribution in [2.24, 2.45) is 0 Å². The van der Waals surface area contributed by atoms with Crippen molar-refractivity contribution in [2.75, 3.05) is 6.79 Å². The fourth-order valence-corrected chi connectivity index (χ4v) is 2.74. The number of ether oxygens (including phenoxy) is 2. The lowest BCUT2D eigenvalue weighted by molar-refractivity contribution is -0.121. The van der Waals surface area contributed by atoms with E-state index in [1.54, 1.807) is 11.3 Å². The lowest BCUT2D eigenvalue weighted by Crippen LogP contribution is -2.22. The third-order valence-electron chi connectivity index (χ3n) is 3.15. The summed E-state index contributed by atoms with van der Waals surface area (Å²) in [7, 11) is 0. The highest BCUT2D eigenvalue weighted by Gasteiger charge is 2.13. The van der Waals surface area contributed by atoms with Gasteiger partial charge in [0.15, 0.2) is 11.5 Å². The zero-order valence-electron chi connectivity index (χ0n) is 10.9. The minimum absolute atomic E-state index is 0.0638. The number of aryl methyl sites for hydroxylation is 1. The number of amides is 1. The smallest absolute Gasteiger partial charge is 0.231 e. The summed E-state index contributed by atoms with van der Waals surface area (Å²) in [6, 6.07) is 7.76. The number of carbonyl (C=O) groups excluding carboxylic acids is 1. The molecule has 20 heavy (non-hydrogen) atoms. The quantitative estimate of drug-likeness (QED) is 0.920. The third-order valence-corrected chi connectivity index (χ3v) is 3.88. The Morgan fingerprint density at radius 3 is 2.95 bits per heavy atom. The summed E-state index contributed by atoms with van der Waals surface area (Å²) in [6.45, 7) is 0.783. The molecule has 1 N–H and O–H groups in total. The van der Waals surface area contributed by atoms with Gasteiger partial charge in [0, 0.05) is 13.0 Å². The van der Waals surface area contributed by atoms with Crippen LogP contribution in [0.4, 0.5) is 0 Å². The van der Waals surface area contributed by atoms with Crippen molar-refractivity contribution in [3.8, 4) is 11.5 Å². The van der Waals surface area contributed by atoms with Crippen LogP contribution >= 0.6 is 11.3 Å². The second-order valence-corrected chi connectivity index (χ2v) is 5.38. The molecule has 1 aromatic heterocycles. The highest BCUT2D eigenvalue weighted by Crippen LogP contribution is 2.32. The Morgan fingerprint density at radius 1 is 1.20 bits per heavy atom. The first kappa shape index (κ1) is 13.0. The number of carbonyl (C=O) groups is 1. The summed E-state index contributed by atoms with van der Waals surface area (Å²) in [4.78, 5) is 11.8. The zero-order valence-corrected chi connectivity index (χ0v) is 11.7.